The molecule has 0 spiro atoms. The number of hydrogen-bond acceptors (Lipinski definition) is 3. The van der Waals surface area contributed by atoms with E-state index in [2.05, 4.69) is 43.9 Å². The van der Waals surface area contributed by atoms with Crippen molar-refractivity contribution in [3.63, 3.8) is 0 Å². The van der Waals surface area contributed by atoms with Crippen molar-refractivity contribution in [2.75, 3.05) is 13.2 Å². The van der Waals surface area contributed by atoms with Crippen molar-refractivity contribution in [2.24, 2.45) is 5.73 Å². The summed E-state index contributed by atoms with van der Waals surface area (Å²) in [4.78, 5) is 2.54. The van der Waals surface area contributed by atoms with Crippen LogP contribution in [0.25, 0.3) is 0 Å². The van der Waals surface area contributed by atoms with Gasteiger partial charge in [0.25, 0.3) is 0 Å². The summed E-state index contributed by atoms with van der Waals surface area (Å²) in [5, 5.41) is 0. The van der Waals surface area contributed by atoms with Gasteiger partial charge >= 0.3 is 0 Å². The van der Waals surface area contributed by atoms with Crippen LogP contribution in [0.4, 0.5) is 0 Å². The lowest BCUT2D eigenvalue weighted by molar-refractivity contribution is 0.117. The van der Waals surface area contributed by atoms with Crippen LogP contribution in [0.3, 0.4) is 0 Å². The summed E-state index contributed by atoms with van der Waals surface area (Å²) in [6.45, 7) is 8.72. The van der Waals surface area contributed by atoms with Gasteiger partial charge in [0.05, 0.1) is 12.6 Å². The SMILES string of the molecule is CC(C)(C)N1CCC(N)C1c1ccc2c(c1)CCO2. The largest absolute Gasteiger partial charge is 0.493 e. The Hall–Kier alpha value is -1.06. The molecule has 19 heavy (non-hydrogen) atoms. The van der Waals surface area contributed by atoms with Crippen molar-refractivity contribution in [1.29, 1.82) is 0 Å². The smallest absolute Gasteiger partial charge is 0.122 e. The first-order chi connectivity index (χ1) is 8.97. The molecular formula is C16H24N2O. The molecule has 2 unspecified atom stereocenters. The van der Waals surface area contributed by atoms with E-state index in [1.54, 1.807) is 0 Å². The number of hydrogen-bond donors (Lipinski definition) is 1. The van der Waals surface area contributed by atoms with Crippen molar-refractivity contribution >= 4 is 0 Å². The van der Waals surface area contributed by atoms with E-state index in [0.717, 1.165) is 31.7 Å². The van der Waals surface area contributed by atoms with Crippen molar-refractivity contribution in [2.45, 2.75) is 51.2 Å². The van der Waals surface area contributed by atoms with E-state index < -0.39 is 0 Å². The molecule has 2 atom stereocenters. The second-order valence-electron chi connectivity index (χ2n) is 6.73. The van der Waals surface area contributed by atoms with Gasteiger partial charge in [-0.25, -0.2) is 0 Å². The van der Waals surface area contributed by atoms with Crippen LogP contribution < -0.4 is 10.5 Å². The van der Waals surface area contributed by atoms with Gasteiger partial charge in [0.15, 0.2) is 0 Å². The minimum atomic E-state index is 0.161. The fourth-order valence-electron chi connectivity index (χ4n) is 3.39. The maximum Gasteiger partial charge on any atom is 0.122 e. The van der Waals surface area contributed by atoms with E-state index in [-0.39, 0.29) is 11.6 Å². The van der Waals surface area contributed by atoms with Crippen molar-refractivity contribution in [3.8, 4) is 5.75 Å². The molecule has 0 bridgehead atoms. The van der Waals surface area contributed by atoms with E-state index in [4.69, 9.17) is 10.5 Å². The third kappa shape index (κ3) is 2.26. The first kappa shape index (κ1) is 12.9. The van der Waals surface area contributed by atoms with Gasteiger partial charge in [-0.2, -0.15) is 0 Å². The molecule has 0 amide bonds. The third-order valence-corrected chi connectivity index (χ3v) is 4.36. The van der Waals surface area contributed by atoms with E-state index >= 15 is 0 Å². The van der Waals surface area contributed by atoms with Crippen LogP contribution in [-0.4, -0.2) is 29.6 Å². The number of ether oxygens (including phenoxy) is 1. The number of nitrogens with two attached hydrogens (primary N) is 1. The third-order valence-electron chi connectivity index (χ3n) is 4.36. The Morgan fingerprint density at radius 2 is 2.11 bits per heavy atom. The number of fused-ring (bicyclic) bond motifs is 1. The minimum Gasteiger partial charge on any atom is -0.493 e. The lowest BCUT2D eigenvalue weighted by atomic mass is 9.95. The Morgan fingerprint density at radius 3 is 2.84 bits per heavy atom. The maximum atomic E-state index is 6.37. The van der Waals surface area contributed by atoms with Crippen LogP contribution in [-0.2, 0) is 6.42 Å². The molecule has 2 N–H and O–H groups in total. The van der Waals surface area contributed by atoms with Crippen molar-refractivity contribution < 1.29 is 4.74 Å². The average molecular weight is 260 g/mol. The molecule has 2 aliphatic heterocycles. The molecule has 2 heterocycles. The van der Waals surface area contributed by atoms with Crippen molar-refractivity contribution in [1.82, 2.24) is 4.90 Å². The maximum absolute atomic E-state index is 6.37. The molecule has 0 radical (unpaired) electrons. The van der Waals surface area contributed by atoms with Crippen LogP contribution in [0.15, 0.2) is 18.2 Å². The Morgan fingerprint density at radius 1 is 1.32 bits per heavy atom. The van der Waals surface area contributed by atoms with Gasteiger partial charge in [0.1, 0.15) is 5.75 Å². The monoisotopic (exact) mass is 260 g/mol. The van der Waals surface area contributed by atoms with E-state index in [0.29, 0.717) is 6.04 Å². The quantitative estimate of drug-likeness (QED) is 0.843. The first-order valence-electron chi connectivity index (χ1n) is 7.25. The topological polar surface area (TPSA) is 38.5 Å². The molecule has 1 aromatic carbocycles. The van der Waals surface area contributed by atoms with Crippen LogP contribution in [0.5, 0.6) is 5.75 Å². The molecular weight excluding hydrogens is 236 g/mol. The molecule has 1 saturated heterocycles. The highest BCUT2D eigenvalue weighted by atomic mass is 16.5. The van der Waals surface area contributed by atoms with Crippen LogP contribution in [0.2, 0.25) is 0 Å². The highest BCUT2D eigenvalue weighted by Gasteiger charge is 2.39. The predicted octanol–water partition coefficient (Wildman–Crippen LogP) is 2.49. The van der Waals surface area contributed by atoms with E-state index in [1.165, 1.54) is 11.1 Å². The number of benzene rings is 1. The van der Waals surface area contributed by atoms with E-state index in [9.17, 15) is 0 Å². The van der Waals surface area contributed by atoms with Crippen LogP contribution >= 0.6 is 0 Å². The first-order valence-corrected chi connectivity index (χ1v) is 7.25. The summed E-state index contributed by atoms with van der Waals surface area (Å²) in [6.07, 6.45) is 2.11. The van der Waals surface area contributed by atoms with Gasteiger partial charge in [0, 0.05) is 24.5 Å². The predicted molar refractivity (Wildman–Crippen MR) is 77.4 cm³/mol. The number of rotatable bonds is 1. The lowest BCUT2D eigenvalue weighted by Crippen LogP contribution is -2.43. The van der Waals surface area contributed by atoms with Gasteiger partial charge in [-0.3, -0.25) is 4.90 Å². The molecule has 0 saturated carbocycles. The number of likely N-dealkylation sites (tertiary alicyclic amines) is 1. The summed E-state index contributed by atoms with van der Waals surface area (Å²) in [5.41, 5.74) is 9.22. The van der Waals surface area contributed by atoms with Gasteiger partial charge in [-0.05, 0) is 44.4 Å². The standard InChI is InChI=1S/C16H24N2O/c1-16(2,3)18-8-6-13(17)15(18)12-4-5-14-11(10-12)7-9-19-14/h4-5,10,13,15H,6-9,17H2,1-3H3. The van der Waals surface area contributed by atoms with Crippen LogP contribution in [0.1, 0.15) is 44.4 Å². The van der Waals surface area contributed by atoms with Gasteiger partial charge in [-0.15, -0.1) is 0 Å². The zero-order valence-electron chi connectivity index (χ0n) is 12.1. The summed E-state index contributed by atoms with van der Waals surface area (Å²) < 4.78 is 5.59. The molecule has 1 fully saturated rings. The zero-order chi connectivity index (χ0) is 13.6. The number of nitrogens with zero attached hydrogens (tertiary/aromatic N) is 1. The molecule has 1 aromatic rings. The molecule has 0 aromatic heterocycles. The Kier molecular flexibility index (Phi) is 3.06. The Labute approximate surface area is 115 Å². The summed E-state index contributed by atoms with van der Waals surface area (Å²) in [7, 11) is 0. The highest BCUT2D eigenvalue weighted by Crippen LogP contribution is 2.38. The van der Waals surface area contributed by atoms with E-state index in [1.807, 2.05) is 0 Å². The molecule has 3 nitrogen and oxygen atoms in total. The normalized spacial score (nSPS) is 27.4. The summed E-state index contributed by atoms with van der Waals surface area (Å²) in [5.74, 6) is 1.05. The average Bonchev–Trinajstić information content (AvgIpc) is 2.92. The van der Waals surface area contributed by atoms with Gasteiger partial charge in [0.2, 0.25) is 0 Å². The minimum absolute atomic E-state index is 0.161. The lowest BCUT2D eigenvalue weighted by Gasteiger charge is -2.38. The van der Waals surface area contributed by atoms with Crippen LogP contribution in [0, 0.1) is 0 Å². The van der Waals surface area contributed by atoms with Gasteiger partial charge < -0.3 is 10.5 Å². The molecule has 104 valence electrons. The molecule has 0 aliphatic carbocycles. The second kappa shape index (κ2) is 4.50. The molecule has 3 rings (SSSR count). The second-order valence-corrected chi connectivity index (χ2v) is 6.73. The molecule has 3 heteroatoms. The summed E-state index contributed by atoms with van der Waals surface area (Å²) in [6, 6.07) is 7.18. The summed E-state index contributed by atoms with van der Waals surface area (Å²) >= 11 is 0. The Bertz CT molecular complexity index is 478. The highest BCUT2D eigenvalue weighted by molar-refractivity contribution is 5.41. The van der Waals surface area contributed by atoms with Crippen molar-refractivity contribution in [3.05, 3.63) is 29.3 Å². The zero-order valence-corrected chi connectivity index (χ0v) is 12.1. The molecule has 2 aliphatic rings. The fourth-order valence-corrected chi connectivity index (χ4v) is 3.39. The Balaban J connectivity index is 1.95. The fraction of sp³-hybridized carbons (Fsp3) is 0.625. The van der Waals surface area contributed by atoms with Gasteiger partial charge in [-0.1, -0.05) is 12.1 Å².